The number of amides is 1. The zero-order valence-corrected chi connectivity index (χ0v) is 13.1. The van der Waals surface area contributed by atoms with Crippen molar-refractivity contribution in [2.75, 3.05) is 0 Å². The van der Waals surface area contributed by atoms with Crippen molar-refractivity contribution >= 4 is 5.91 Å². The lowest BCUT2D eigenvalue weighted by molar-refractivity contribution is -0.124. The van der Waals surface area contributed by atoms with Gasteiger partial charge in [0, 0.05) is 0 Å². The van der Waals surface area contributed by atoms with Gasteiger partial charge in [-0.25, -0.2) is 8.78 Å². The number of hydrogen-bond acceptors (Lipinski definition) is 2. The lowest BCUT2D eigenvalue weighted by atomic mass is 9.87. The van der Waals surface area contributed by atoms with Crippen molar-refractivity contribution < 1.29 is 18.7 Å². The summed E-state index contributed by atoms with van der Waals surface area (Å²) in [6.45, 7) is 0. The summed E-state index contributed by atoms with van der Waals surface area (Å²) < 4.78 is 26.7. The van der Waals surface area contributed by atoms with Crippen LogP contribution in [0.3, 0.4) is 0 Å². The van der Waals surface area contributed by atoms with Crippen molar-refractivity contribution in [3.05, 3.63) is 70.8 Å². The van der Waals surface area contributed by atoms with Crippen molar-refractivity contribution in [2.24, 2.45) is 0 Å². The zero-order chi connectivity index (χ0) is 17.1. The molecule has 0 spiro atoms. The van der Waals surface area contributed by atoms with E-state index in [0.717, 1.165) is 30.4 Å². The summed E-state index contributed by atoms with van der Waals surface area (Å²) in [6.07, 6.45) is 1.28. The number of carbonyl (C=O) groups excluding carboxylic acids is 1. The minimum Gasteiger partial charge on any atom is -0.388 e. The molecule has 2 aromatic rings. The molecule has 0 fully saturated rings. The number of nitrogens with one attached hydrogen (secondary N) is 1. The van der Waals surface area contributed by atoms with E-state index in [2.05, 4.69) is 5.32 Å². The van der Waals surface area contributed by atoms with Crippen LogP contribution >= 0.6 is 0 Å². The Labute approximate surface area is 139 Å². The Morgan fingerprint density at radius 3 is 2.79 bits per heavy atom. The molecule has 2 aromatic carbocycles. The van der Waals surface area contributed by atoms with Gasteiger partial charge >= 0.3 is 0 Å². The number of aryl methyl sites for hydroxylation is 1. The van der Waals surface area contributed by atoms with Gasteiger partial charge in [0.2, 0.25) is 5.91 Å². The molecule has 3 rings (SSSR count). The van der Waals surface area contributed by atoms with Gasteiger partial charge in [-0.2, -0.15) is 0 Å². The smallest absolute Gasteiger partial charge is 0.223 e. The molecule has 5 heteroatoms. The Morgan fingerprint density at radius 2 is 2.00 bits per heavy atom. The molecule has 3 nitrogen and oxygen atoms in total. The summed E-state index contributed by atoms with van der Waals surface area (Å²) in [5.74, 6) is -1.12. The third-order valence-corrected chi connectivity index (χ3v) is 4.37. The van der Waals surface area contributed by atoms with Crippen LogP contribution in [-0.4, -0.2) is 11.0 Å². The minimum atomic E-state index is -1.07. The largest absolute Gasteiger partial charge is 0.388 e. The van der Waals surface area contributed by atoms with Gasteiger partial charge in [-0.15, -0.1) is 0 Å². The molecule has 2 N–H and O–H groups in total. The first-order chi connectivity index (χ1) is 11.5. The quantitative estimate of drug-likeness (QED) is 0.900. The van der Waals surface area contributed by atoms with E-state index in [1.807, 2.05) is 0 Å². The molecular weight excluding hydrogens is 312 g/mol. The first-order valence-electron chi connectivity index (χ1n) is 8.04. The summed E-state index contributed by atoms with van der Waals surface area (Å²) in [7, 11) is 0. The highest BCUT2D eigenvalue weighted by atomic mass is 19.1. The van der Waals surface area contributed by atoms with E-state index in [4.69, 9.17) is 0 Å². The van der Waals surface area contributed by atoms with Crippen LogP contribution in [0.4, 0.5) is 8.78 Å². The minimum absolute atomic E-state index is 0.162. The molecule has 2 atom stereocenters. The first kappa shape index (κ1) is 16.6. The fourth-order valence-electron chi connectivity index (χ4n) is 3.18. The Bertz CT molecular complexity index is 748. The van der Waals surface area contributed by atoms with Gasteiger partial charge in [-0.3, -0.25) is 4.79 Å². The Kier molecular flexibility index (Phi) is 4.90. The van der Waals surface area contributed by atoms with E-state index in [1.54, 1.807) is 12.1 Å². The highest BCUT2D eigenvalue weighted by molar-refractivity contribution is 5.77. The van der Waals surface area contributed by atoms with Crippen molar-refractivity contribution in [1.82, 2.24) is 5.32 Å². The average molecular weight is 331 g/mol. The molecule has 24 heavy (non-hydrogen) atoms. The van der Waals surface area contributed by atoms with Crippen molar-refractivity contribution in [1.29, 1.82) is 0 Å². The van der Waals surface area contributed by atoms with Crippen LogP contribution < -0.4 is 5.32 Å². The van der Waals surface area contributed by atoms with Gasteiger partial charge in [-0.1, -0.05) is 18.2 Å². The fraction of sp³-hybridized carbons (Fsp3) is 0.316. The number of aliphatic hydroxyl groups is 1. The van der Waals surface area contributed by atoms with E-state index in [9.17, 15) is 18.7 Å². The SMILES string of the molecule is O=C(CC(O)c1cccc(F)c1)NC1CCCc2ccc(F)cc21. The predicted molar refractivity (Wildman–Crippen MR) is 86.2 cm³/mol. The van der Waals surface area contributed by atoms with Gasteiger partial charge in [0.25, 0.3) is 0 Å². The molecule has 1 aliphatic rings. The molecule has 2 unspecified atom stereocenters. The second-order valence-electron chi connectivity index (χ2n) is 6.13. The molecule has 0 saturated heterocycles. The molecular formula is C19H19F2NO2. The number of rotatable bonds is 4. The molecule has 0 saturated carbocycles. The number of aliphatic hydroxyl groups excluding tert-OH is 1. The molecule has 0 aromatic heterocycles. The van der Waals surface area contributed by atoms with Crippen molar-refractivity contribution in [3.8, 4) is 0 Å². The second kappa shape index (κ2) is 7.09. The monoisotopic (exact) mass is 331 g/mol. The zero-order valence-electron chi connectivity index (χ0n) is 13.1. The molecule has 0 heterocycles. The lowest BCUT2D eigenvalue weighted by Crippen LogP contribution is -2.32. The van der Waals surface area contributed by atoms with Crippen LogP contribution in [0.2, 0.25) is 0 Å². The summed E-state index contributed by atoms with van der Waals surface area (Å²) in [4.78, 5) is 12.2. The predicted octanol–water partition coefficient (Wildman–Crippen LogP) is 3.58. The van der Waals surface area contributed by atoms with Crippen LogP contribution in [0.25, 0.3) is 0 Å². The summed E-state index contributed by atoms with van der Waals surface area (Å²) >= 11 is 0. The molecule has 0 radical (unpaired) electrons. The second-order valence-corrected chi connectivity index (χ2v) is 6.13. The van der Waals surface area contributed by atoms with Crippen molar-refractivity contribution in [3.63, 3.8) is 0 Å². The number of fused-ring (bicyclic) bond motifs is 1. The highest BCUT2D eigenvalue weighted by Crippen LogP contribution is 2.30. The molecule has 1 amide bonds. The van der Waals surface area contributed by atoms with E-state index < -0.39 is 11.9 Å². The van der Waals surface area contributed by atoms with E-state index in [-0.39, 0.29) is 24.2 Å². The molecule has 0 bridgehead atoms. The number of halogens is 2. The summed E-state index contributed by atoms with van der Waals surface area (Å²) in [5.41, 5.74) is 2.20. The topological polar surface area (TPSA) is 49.3 Å². The van der Waals surface area contributed by atoms with Crippen LogP contribution in [-0.2, 0) is 11.2 Å². The van der Waals surface area contributed by atoms with Gasteiger partial charge in [0.05, 0.1) is 18.6 Å². The number of hydrogen-bond donors (Lipinski definition) is 2. The van der Waals surface area contributed by atoms with Gasteiger partial charge in [-0.05, 0) is 60.2 Å². The summed E-state index contributed by atoms with van der Waals surface area (Å²) in [6, 6.07) is 9.95. The van der Waals surface area contributed by atoms with Crippen LogP contribution in [0.15, 0.2) is 42.5 Å². The fourth-order valence-corrected chi connectivity index (χ4v) is 3.18. The van der Waals surface area contributed by atoms with Crippen LogP contribution in [0.5, 0.6) is 0 Å². The number of benzene rings is 2. The van der Waals surface area contributed by atoms with Crippen molar-refractivity contribution in [2.45, 2.75) is 37.8 Å². The molecule has 1 aliphatic carbocycles. The van der Waals surface area contributed by atoms with E-state index in [1.165, 1.54) is 30.3 Å². The van der Waals surface area contributed by atoms with Gasteiger partial charge in [0.15, 0.2) is 0 Å². The maximum Gasteiger partial charge on any atom is 0.223 e. The number of carbonyl (C=O) groups is 1. The molecule has 0 aliphatic heterocycles. The Morgan fingerprint density at radius 1 is 1.21 bits per heavy atom. The maximum absolute atomic E-state index is 13.5. The molecule has 126 valence electrons. The Balaban J connectivity index is 1.67. The first-order valence-corrected chi connectivity index (χ1v) is 8.04. The van der Waals surface area contributed by atoms with E-state index in [0.29, 0.717) is 5.56 Å². The standard InChI is InChI=1S/C19H19F2NO2/c20-14-5-1-4-13(9-14)18(23)11-19(24)22-17-6-2-3-12-7-8-15(21)10-16(12)17/h1,4-5,7-10,17-18,23H,2-3,6,11H2,(H,22,24). The lowest BCUT2D eigenvalue weighted by Gasteiger charge is -2.27. The average Bonchev–Trinajstić information content (AvgIpc) is 2.55. The summed E-state index contributed by atoms with van der Waals surface area (Å²) in [5, 5.41) is 13.0. The van der Waals surface area contributed by atoms with Gasteiger partial charge < -0.3 is 10.4 Å². The van der Waals surface area contributed by atoms with E-state index >= 15 is 0 Å². The van der Waals surface area contributed by atoms with Crippen LogP contribution in [0.1, 0.15) is 48.1 Å². The van der Waals surface area contributed by atoms with Crippen LogP contribution in [0, 0.1) is 11.6 Å². The highest BCUT2D eigenvalue weighted by Gasteiger charge is 2.23. The third kappa shape index (κ3) is 3.79. The normalized spacial score (nSPS) is 17.9. The Hall–Kier alpha value is -2.27. The third-order valence-electron chi connectivity index (χ3n) is 4.37. The maximum atomic E-state index is 13.5. The van der Waals surface area contributed by atoms with Gasteiger partial charge in [0.1, 0.15) is 11.6 Å².